The van der Waals surface area contributed by atoms with Crippen LogP contribution in [0.2, 0.25) is 0 Å². The summed E-state index contributed by atoms with van der Waals surface area (Å²) in [6, 6.07) is 8.45. The molecule has 0 aromatic heterocycles. The van der Waals surface area contributed by atoms with Crippen molar-refractivity contribution in [3.63, 3.8) is 0 Å². The minimum Gasteiger partial charge on any atom is -0.494 e. The van der Waals surface area contributed by atoms with Crippen LogP contribution in [0.15, 0.2) is 24.3 Å². The summed E-state index contributed by atoms with van der Waals surface area (Å²) in [6.45, 7) is 5.99. The Balaban J connectivity index is 1.74. The zero-order valence-electron chi connectivity index (χ0n) is 12.9. The fourth-order valence-electron chi connectivity index (χ4n) is 2.48. The monoisotopic (exact) mass is 291 g/mol. The van der Waals surface area contributed by atoms with Crippen molar-refractivity contribution < 1.29 is 14.3 Å². The van der Waals surface area contributed by atoms with Gasteiger partial charge in [0, 0.05) is 31.6 Å². The topological polar surface area (TPSA) is 47.6 Å². The van der Waals surface area contributed by atoms with Gasteiger partial charge >= 0.3 is 0 Å². The lowest BCUT2D eigenvalue weighted by Crippen LogP contribution is -2.26. The maximum Gasteiger partial charge on any atom is 0.220 e. The van der Waals surface area contributed by atoms with Gasteiger partial charge in [-0.05, 0) is 44.4 Å². The van der Waals surface area contributed by atoms with Gasteiger partial charge < -0.3 is 14.8 Å². The van der Waals surface area contributed by atoms with E-state index >= 15 is 0 Å². The Labute approximate surface area is 126 Å². The van der Waals surface area contributed by atoms with Gasteiger partial charge in [0.15, 0.2) is 0 Å². The molecule has 1 saturated carbocycles. The molecule has 1 amide bonds. The van der Waals surface area contributed by atoms with Crippen molar-refractivity contribution in [2.24, 2.45) is 0 Å². The van der Waals surface area contributed by atoms with Gasteiger partial charge in [0.1, 0.15) is 5.75 Å². The second kappa shape index (κ2) is 8.03. The van der Waals surface area contributed by atoms with Crippen LogP contribution in [-0.2, 0) is 9.53 Å². The molecule has 4 heteroatoms. The van der Waals surface area contributed by atoms with Crippen molar-refractivity contribution in [3.05, 3.63) is 29.8 Å². The number of amides is 1. The minimum absolute atomic E-state index is 0.128. The predicted molar refractivity (Wildman–Crippen MR) is 82.6 cm³/mol. The Kier molecular flexibility index (Phi) is 6.05. The van der Waals surface area contributed by atoms with E-state index < -0.39 is 0 Å². The maximum atomic E-state index is 11.8. The zero-order chi connectivity index (χ0) is 15.1. The first-order valence-electron chi connectivity index (χ1n) is 7.84. The molecule has 1 fully saturated rings. The van der Waals surface area contributed by atoms with E-state index in [0.29, 0.717) is 32.2 Å². The molecule has 0 heterocycles. The third kappa shape index (κ3) is 5.05. The van der Waals surface area contributed by atoms with E-state index in [0.717, 1.165) is 18.6 Å². The Bertz CT molecular complexity index is 461. The number of hydrogen-bond acceptors (Lipinski definition) is 3. The van der Waals surface area contributed by atoms with Crippen LogP contribution in [0.1, 0.15) is 44.6 Å². The first-order valence-corrected chi connectivity index (χ1v) is 7.84. The largest absolute Gasteiger partial charge is 0.494 e. The zero-order valence-corrected chi connectivity index (χ0v) is 12.9. The number of carbonyl (C=O) groups is 1. The normalized spacial score (nSPS) is 20.1. The highest BCUT2D eigenvalue weighted by Crippen LogP contribution is 2.41. The lowest BCUT2D eigenvalue weighted by Gasteiger charge is -2.07. The van der Waals surface area contributed by atoms with Crippen molar-refractivity contribution in [2.75, 3.05) is 19.8 Å². The van der Waals surface area contributed by atoms with Crippen molar-refractivity contribution in [1.82, 2.24) is 5.32 Å². The summed E-state index contributed by atoms with van der Waals surface area (Å²) in [5, 5.41) is 3.10. The van der Waals surface area contributed by atoms with Gasteiger partial charge in [-0.2, -0.15) is 0 Å². The Hall–Kier alpha value is -1.55. The Morgan fingerprint density at radius 3 is 2.95 bits per heavy atom. The maximum absolute atomic E-state index is 11.8. The molecule has 1 aliphatic carbocycles. The van der Waals surface area contributed by atoms with E-state index in [-0.39, 0.29) is 11.9 Å². The average molecular weight is 291 g/mol. The van der Waals surface area contributed by atoms with Gasteiger partial charge in [-0.25, -0.2) is 0 Å². The van der Waals surface area contributed by atoms with E-state index in [9.17, 15) is 4.79 Å². The summed E-state index contributed by atoms with van der Waals surface area (Å²) in [5.74, 6) is 1.47. The van der Waals surface area contributed by atoms with E-state index in [1.54, 1.807) is 0 Å². The highest BCUT2D eigenvalue weighted by molar-refractivity contribution is 5.76. The van der Waals surface area contributed by atoms with Crippen LogP contribution in [0.4, 0.5) is 0 Å². The molecule has 0 spiro atoms. The number of nitrogens with one attached hydrogen (secondary N) is 1. The second-order valence-electron chi connectivity index (χ2n) is 5.32. The molecule has 4 nitrogen and oxygen atoms in total. The first-order chi connectivity index (χ1) is 10.2. The third-order valence-corrected chi connectivity index (χ3v) is 3.63. The highest BCUT2D eigenvalue weighted by atomic mass is 16.5. The number of carbonyl (C=O) groups excluding carboxylic acids is 1. The molecule has 116 valence electrons. The summed E-state index contributed by atoms with van der Waals surface area (Å²) in [4.78, 5) is 11.8. The molecule has 21 heavy (non-hydrogen) atoms. The molecule has 0 radical (unpaired) electrons. The molecular formula is C17H25NO3. The lowest BCUT2D eigenvalue weighted by molar-refractivity contribution is -0.121. The Morgan fingerprint density at radius 2 is 2.19 bits per heavy atom. The Morgan fingerprint density at radius 1 is 1.33 bits per heavy atom. The summed E-state index contributed by atoms with van der Waals surface area (Å²) in [7, 11) is 0. The van der Waals surface area contributed by atoms with Gasteiger partial charge in [0.25, 0.3) is 0 Å². The van der Waals surface area contributed by atoms with E-state index in [1.165, 1.54) is 5.56 Å². The summed E-state index contributed by atoms with van der Waals surface area (Å²) < 4.78 is 10.8. The van der Waals surface area contributed by atoms with Crippen LogP contribution >= 0.6 is 0 Å². The van der Waals surface area contributed by atoms with Crippen molar-refractivity contribution >= 4 is 5.91 Å². The number of ether oxygens (including phenoxy) is 2. The molecule has 2 atom stereocenters. The van der Waals surface area contributed by atoms with Crippen LogP contribution in [0, 0.1) is 0 Å². The van der Waals surface area contributed by atoms with Gasteiger partial charge in [-0.1, -0.05) is 12.1 Å². The predicted octanol–water partition coefficient (Wildman–Crippen LogP) is 2.87. The minimum atomic E-state index is 0.128. The molecule has 0 aliphatic heterocycles. The number of rotatable bonds is 9. The van der Waals surface area contributed by atoms with E-state index in [4.69, 9.17) is 9.47 Å². The highest BCUT2D eigenvalue weighted by Gasteiger charge is 2.39. The van der Waals surface area contributed by atoms with Crippen LogP contribution in [0.25, 0.3) is 0 Å². The quantitative estimate of drug-likeness (QED) is 0.712. The van der Waals surface area contributed by atoms with Gasteiger partial charge in [0.2, 0.25) is 5.91 Å². The van der Waals surface area contributed by atoms with Crippen molar-refractivity contribution in [1.29, 1.82) is 0 Å². The molecule has 0 bridgehead atoms. The van der Waals surface area contributed by atoms with Crippen LogP contribution in [0.5, 0.6) is 5.75 Å². The van der Waals surface area contributed by atoms with Crippen molar-refractivity contribution in [2.45, 2.75) is 45.1 Å². The molecule has 2 rings (SSSR count). The summed E-state index contributed by atoms with van der Waals surface area (Å²) in [5.41, 5.74) is 1.25. The van der Waals surface area contributed by atoms with Crippen molar-refractivity contribution in [3.8, 4) is 5.75 Å². The first kappa shape index (κ1) is 15.8. The van der Waals surface area contributed by atoms with Crippen LogP contribution in [0.3, 0.4) is 0 Å². The van der Waals surface area contributed by atoms with E-state index in [1.807, 2.05) is 26.0 Å². The lowest BCUT2D eigenvalue weighted by atomic mass is 10.1. The van der Waals surface area contributed by atoms with Gasteiger partial charge in [-0.15, -0.1) is 0 Å². The molecule has 0 saturated heterocycles. The molecule has 1 N–H and O–H groups in total. The standard InChI is InChI=1S/C17H25NO3/c1-3-20-10-6-9-17(19)18-16-12-15(16)13-7-5-8-14(11-13)21-4-2/h5,7-8,11,15-16H,3-4,6,9-10,12H2,1-2H3,(H,18,19)/t15-,16-/m1/s1. The van der Waals surface area contributed by atoms with Gasteiger partial charge in [0.05, 0.1) is 6.61 Å². The van der Waals surface area contributed by atoms with Crippen LogP contribution in [-0.4, -0.2) is 31.8 Å². The SMILES string of the molecule is CCOCCCC(=O)N[C@@H]1C[C@@H]1c1cccc(OCC)c1. The molecule has 1 aromatic rings. The number of benzene rings is 1. The summed E-state index contributed by atoms with van der Waals surface area (Å²) in [6.07, 6.45) is 2.35. The van der Waals surface area contributed by atoms with Gasteiger partial charge in [-0.3, -0.25) is 4.79 Å². The number of hydrogen-bond donors (Lipinski definition) is 1. The van der Waals surface area contributed by atoms with Crippen LogP contribution < -0.4 is 10.1 Å². The van der Waals surface area contributed by atoms with E-state index in [2.05, 4.69) is 17.4 Å². The molecule has 1 aliphatic rings. The molecule has 1 aromatic carbocycles. The fraction of sp³-hybridized carbons (Fsp3) is 0.588. The molecule has 0 unspecified atom stereocenters. The third-order valence-electron chi connectivity index (χ3n) is 3.63. The molecular weight excluding hydrogens is 266 g/mol. The smallest absolute Gasteiger partial charge is 0.220 e. The second-order valence-corrected chi connectivity index (χ2v) is 5.32. The average Bonchev–Trinajstić information content (AvgIpc) is 3.23. The fourth-order valence-corrected chi connectivity index (χ4v) is 2.48. The summed E-state index contributed by atoms with van der Waals surface area (Å²) >= 11 is 0.